The number of piperidine rings is 1. The van der Waals surface area contributed by atoms with Crippen LogP contribution in [-0.2, 0) is 27.2 Å². The van der Waals surface area contributed by atoms with Crippen LogP contribution in [-0.4, -0.2) is 88.4 Å². The van der Waals surface area contributed by atoms with E-state index in [-0.39, 0.29) is 55.0 Å². The van der Waals surface area contributed by atoms with Crippen molar-refractivity contribution in [3.8, 4) is 0 Å². The van der Waals surface area contributed by atoms with Crippen LogP contribution < -0.4 is 10.6 Å². The summed E-state index contributed by atoms with van der Waals surface area (Å²) >= 11 is 6.11. The zero-order chi connectivity index (χ0) is 34.5. The molecule has 2 aromatic carbocycles. The molecule has 3 fully saturated rings. The van der Waals surface area contributed by atoms with Gasteiger partial charge in [-0.1, -0.05) is 61.3 Å². The minimum Gasteiger partial charge on any atom is -0.361 e. The van der Waals surface area contributed by atoms with Crippen LogP contribution in [0, 0.1) is 17.8 Å². The first-order valence-corrected chi connectivity index (χ1v) is 17.5. The number of carbonyl (C=O) groups is 4. The minimum atomic E-state index is -0.548. The van der Waals surface area contributed by atoms with E-state index in [2.05, 4.69) is 63.1 Å². The molecule has 2 aromatic heterocycles. The number of aromatic amines is 2. The highest BCUT2D eigenvalue weighted by Crippen LogP contribution is 2.40. The van der Waals surface area contributed by atoms with Crippen molar-refractivity contribution in [1.82, 2.24) is 35.6 Å². The third-order valence-electron chi connectivity index (χ3n) is 9.85. The molecule has 0 spiro atoms. The van der Waals surface area contributed by atoms with Crippen molar-refractivity contribution >= 4 is 46.1 Å². The number of carbonyl (C=O) groups excluding carboxylic acids is 4. The van der Waals surface area contributed by atoms with Gasteiger partial charge in [0.25, 0.3) is 5.91 Å². The van der Waals surface area contributed by atoms with Gasteiger partial charge in [0, 0.05) is 67.0 Å². The standard InChI is InChI=1S/C28H32ClN7O4.C9H12/c1-30-25(37)10-32-27(39)21-14-35(26(38)6-16-9-31-23-7-18(29)4-5-19(16)23)11-17-12-36(13-20(17)21)28(40)24-8-22(33-34-24)15-2-3-15;1-2-6-9-7-4-3-5-8-9/h4-5,7-9,15,17,20-21,31H,2-3,6,10-14H2,1H3,(H,30,37)(H,32,39)(H,33,34);3-5,7-8H,2,6H2,1H3. The maximum atomic E-state index is 13.6. The lowest BCUT2D eigenvalue weighted by molar-refractivity contribution is -0.139. The number of likely N-dealkylation sites (N-methyl/N-ethyl adjacent to an activating group) is 1. The van der Waals surface area contributed by atoms with Gasteiger partial charge in [0.2, 0.25) is 17.7 Å². The van der Waals surface area contributed by atoms with Crippen molar-refractivity contribution in [1.29, 1.82) is 0 Å². The minimum absolute atomic E-state index is 0.0685. The Labute approximate surface area is 291 Å². The van der Waals surface area contributed by atoms with Gasteiger partial charge in [0.05, 0.1) is 18.9 Å². The van der Waals surface area contributed by atoms with Gasteiger partial charge >= 0.3 is 0 Å². The lowest BCUT2D eigenvalue weighted by atomic mass is 9.79. The smallest absolute Gasteiger partial charge is 0.274 e. The van der Waals surface area contributed by atoms with Crippen LogP contribution in [0.25, 0.3) is 10.9 Å². The second-order valence-corrected chi connectivity index (χ2v) is 13.8. The third kappa shape index (κ3) is 8.16. The van der Waals surface area contributed by atoms with E-state index in [0.717, 1.165) is 35.0 Å². The number of nitrogens with zero attached hydrogens (tertiary/aromatic N) is 3. The molecule has 4 aromatic rings. The molecule has 3 atom stereocenters. The number of halogens is 1. The fraction of sp³-hybridized carbons (Fsp3) is 0.432. The highest BCUT2D eigenvalue weighted by Gasteiger charge is 2.48. The molecule has 4 amide bonds. The molecule has 7 rings (SSSR count). The van der Waals surface area contributed by atoms with Crippen molar-refractivity contribution in [2.75, 3.05) is 39.8 Å². The molecule has 4 heterocycles. The Morgan fingerprint density at radius 3 is 2.49 bits per heavy atom. The lowest BCUT2D eigenvalue weighted by Gasteiger charge is -2.39. The molecule has 1 aliphatic carbocycles. The first-order valence-electron chi connectivity index (χ1n) is 17.1. The molecular weight excluding hydrogens is 642 g/mol. The van der Waals surface area contributed by atoms with Crippen LogP contribution in [0.1, 0.15) is 59.4 Å². The normalized spacial score (nSPS) is 19.9. The summed E-state index contributed by atoms with van der Waals surface area (Å²) in [5.41, 5.74) is 4.53. The lowest BCUT2D eigenvalue weighted by Crippen LogP contribution is -2.54. The van der Waals surface area contributed by atoms with E-state index in [1.54, 1.807) is 15.9 Å². The van der Waals surface area contributed by atoms with E-state index >= 15 is 0 Å². The number of hydrogen-bond acceptors (Lipinski definition) is 5. The molecule has 4 N–H and O–H groups in total. The van der Waals surface area contributed by atoms with Crippen LogP contribution in [0.15, 0.2) is 60.8 Å². The largest absolute Gasteiger partial charge is 0.361 e. The van der Waals surface area contributed by atoms with E-state index in [9.17, 15) is 19.2 Å². The number of nitrogens with one attached hydrogen (secondary N) is 4. The monoisotopic (exact) mass is 685 g/mol. The highest BCUT2D eigenvalue weighted by atomic mass is 35.5. The molecule has 11 nitrogen and oxygen atoms in total. The molecule has 2 saturated heterocycles. The summed E-state index contributed by atoms with van der Waals surface area (Å²) in [5, 5.41) is 14.0. The van der Waals surface area contributed by atoms with Crippen LogP contribution in [0.3, 0.4) is 0 Å². The number of rotatable bonds is 9. The summed E-state index contributed by atoms with van der Waals surface area (Å²) in [7, 11) is 1.51. The highest BCUT2D eigenvalue weighted by molar-refractivity contribution is 6.31. The molecule has 258 valence electrons. The van der Waals surface area contributed by atoms with Gasteiger partial charge in [-0.05, 0) is 60.4 Å². The Bertz CT molecular complexity index is 1800. The summed E-state index contributed by atoms with van der Waals surface area (Å²) in [4.78, 5) is 58.7. The van der Waals surface area contributed by atoms with Crippen molar-refractivity contribution in [3.63, 3.8) is 0 Å². The Balaban J connectivity index is 0.000000403. The van der Waals surface area contributed by atoms with Crippen LogP contribution in [0.4, 0.5) is 0 Å². The predicted octanol–water partition coefficient (Wildman–Crippen LogP) is 4.31. The number of fused-ring (bicyclic) bond motifs is 2. The number of H-pyrrole nitrogens is 2. The second-order valence-electron chi connectivity index (χ2n) is 13.3. The number of likely N-dealkylation sites (tertiary alicyclic amines) is 2. The van der Waals surface area contributed by atoms with E-state index in [0.29, 0.717) is 36.3 Å². The van der Waals surface area contributed by atoms with E-state index < -0.39 is 5.92 Å². The average Bonchev–Trinajstić information content (AvgIpc) is 3.48. The van der Waals surface area contributed by atoms with Crippen LogP contribution in [0.5, 0.6) is 0 Å². The van der Waals surface area contributed by atoms with Gasteiger partial charge in [-0.2, -0.15) is 5.10 Å². The van der Waals surface area contributed by atoms with Gasteiger partial charge in [0.1, 0.15) is 5.69 Å². The molecule has 12 heteroatoms. The van der Waals surface area contributed by atoms with Crippen molar-refractivity contribution < 1.29 is 19.2 Å². The van der Waals surface area contributed by atoms with Crippen LogP contribution >= 0.6 is 11.6 Å². The van der Waals surface area contributed by atoms with E-state index in [1.165, 1.54) is 25.5 Å². The SMILES string of the molecule is CCCc1ccccc1.CNC(=O)CNC(=O)C1CN(C(=O)Cc2c[nH]c3cc(Cl)ccc23)CC2CN(C(=O)c3cc(C4CC4)[nH]n3)CC21. The number of aromatic nitrogens is 3. The fourth-order valence-electron chi connectivity index (χ4n) is 7.03. The summed E-state index contributed by atoms with van der Waals surface area (Å²) in [6.45, 7) is 3.57. The Morgan fingerprint density at radius 1 is 0.980 bits per heavy atom. The first kappa shape index (κ1) is 34.2. The molecule has 1 saturated carbocycles. The molecule has 2 aliphatic heterocycles. The van der Waals surface area contributed by atoms with Gasteiger partial charge in [-0.15, -0.1) is 0 Å². The third-order valence-corrected chi connectivity index (χ3v) is 10.1. The zero-order valence-corrected chi connectivity index (χ0v) is 28.8. The molecule has 0 radical (unpaired) electrons. The number of amides is 4. The van der Waals surface area contributed by atoms with Crippen molar-refractivity contribution in [2.24, 2.45) is 17.8 Å². The Hall–Kier alpha value is -4.64. The van der Waals surface area contributed by atoms with Gasteiger partial charge in [0.15, 0.2) is 0 Å². The Kier molecular flexibility index (Phi) is 10.7. The maximum absolute atomic E-state index is 13.6. The topological polar surface area (TPSA) is 143 Å². The zero-order valence-electron chi connectivity index (χ0n) is 28.0. The number of hydrogen-bond donors (Lipinski definition) is 4. The predicted molar refractivity (Wildman–Crippen MR) is 188 cm³/mol. The van der Waals surface area contributed by atoms with Gasteiger partial charge in [-0.3, -0.25) is 24.3 Å². The molecule has 3 aliphatic rings. The van der Waals surface area contributed by atoms with Gasteiger partial charge in [-0.25, -0.2) is 0 Å². The van der Waals surface area contributed by atoms with E-state index in [1.807, 2.05) is 24.4 Å². The quantitative estimate of drug-likeness (QED) is 0.208. The first-order chi connectivity index (χ1) is 23.7. The number of benzene rings is 2. The van der Waals surface area contributed by atoms with Gasteiger partial charge < -0.3 is 25.4 Å². The summed E-state index contributed by atoms with van der Waals surface area (Å²) in [5.74, 6) is -1.15. The van der Waals surface area contributed by atoms with Crippen molar-refractivity contribution in [3.05, 3.63) is 88.3 Å². The summed E-state index contributed by atoms with van der Waals surface area (Å²) in [6, 6.07) is 17.9. The van der Waals surface area contributed by atoms with Crippen LogP contribution in [0.2, 0.25) is 5.02 Å². The maximum Gasteiger partial charge on any atom is 0.274 e. The fourth-order valence-corrected chi connectivity index (χ4v) is 7.21. The molecule has 49 heavy (non-hydrogen) atoms. The summed E-state index contributed by atoms with van der Waals surface area (Å²) < 4.78 is 0. The summed E-state index contributed by atoms with van der Waals surface area (Å²) in [6.07, 6.45) is 6.64. The molecule has 3 unspecified atom stereocenters. The second kappa shape index (κ2) is 15.3. The molecular formula is C37H44ClN7O4. The van der Waals surface area contributed by atoms with E-state index in [4.69, 9.17) is 11.6 Å². The van der Waals surface area contributed by atoms with Crippen molar-refractivity contribution in [2.45, 2.75) is 44.9 Å². The Morgan fingerprint density at radius 2 is 1.76 bits per heavy atom. The number of aryl methyl sites for hydroxylation is 1. The average molecular weight is 686 g/mol. The molecule has 0 bridgehead atoms.